The predicted molar refractivity (Wildman–Crippen MR) is 41.9 cm³/mol. The van der Waals surface area contributed by atoms with E-state index in [1.54, 1.807) is 0 Å². The zero-order valence-electron chi connectivity index (χ0n) is 6.78. The second kappa shape index (κ2) is 4.68. The number of carbonyl (C=O) groups is 2. The number of aliphatic hydroxyl groups excluding tert-OH is 1. The molecule has 0 aliphatic heterocycles. The van der Waals surface area contributed by atoms with Crippen molar-refractivity contribution in [2.45, 2.75) is 19.1 Å². The smallest absolute Gasteiger partial charge is 0.240 e. The molecule has 0 rings (SSSR count). The highest BCUT2D eigenvalue weighted by Crippen LogP contribution is 1.87. The molecular formula is C6H13N3O3. The minimum absolute atomic E-state index is 0.265. The molecule has 70 valence electrons. The third-order valence-electron chi connectivity index (χ3n) is 1.26. The van der Waals surface area contributed by atoms with Crippen LogP contribution in [0.15, 0.2) is 0 Å². The highest BCUT2D eigenvalue weighted by Gasteiger charge is 2.18. The van der Waals surface area contributed by atoms with Gasteiger partial charge in [0, 0.05) is 0 Å². The average molecular weight is 175 g/mol. The van der Waals surface area contributed by atoms with Crippen LogP contribution in [0.2, 0.25) is 0 Å². The second-order valence-electron chi connectivity index (χ2n) is 2.45. The molecule has 0 aromatic rings. The Morgan fingerprint density at radius 3 is 2.42 bits per heavy atom. The third-order valence-corrected chi connectivity index (χ3v) is 1.26. The number of carbonyl (C=O) groups excluding carboxylic acids is 2. The SMILES string of the molecule is CC(O)C(N)C(=O)NCC(N)=O. The zero-order chi connectivity index (χ0) is 9.72. The van der Waals surface area contributed by atoms with Crippen LogP contribution in [0.1, 0.15) is 6.92 Å². The van der Waals surface area contributed by atoms with E-state index >= 15 is 0 Å². The molecule has 12 heavy (non-hydrogen) atoms. The normalized spacial score (nSPS) is 14.9. The fourth-order valence-corrected chi connectivity index (χ4v) is 0.511. The van der Waals surface area contributed by atoms with Crippen LogP contribution >= 0.6 is 0 Å². The van der Waals surface area contributed by atoms with Gasteiger partial charge in [0.15, 0.2) is 0 Å². The van der Waals surface area contributed by atoms with Crippen LogP contribution < -0.4 is 16.8 Å². The molecule has 0 radical (unpaired) electrons. The van der Waals surface area contributed by atoms with Crippen LogP contribution in [-0.4, -0.2) is 35.6 Å². The molecule has 0 aromatic carbocycles. The summed E-state index contributed by atoms with van der Waals surface area (Å²) in [6, 6.07) is -1.02. The number of rotatable bonds is 4. The van der Waals surface area contributed by atoms with E-state index < -0.39 is 24.0 Å². The number of primary amides is 1. The summed E-state index contributed by atoms with van der Waals surface area (Å²) in [5.41, 5.74) is 9.99. The molecule has 0 aliphatic rings. The van der Waals surface area contributed by atoms with Gasteiger partial charge in [-0.05, 0) is 6.92 Å². The zero-order valence-corrected chi connectivity index (χ0v) is 6.78. The van der Waals surface area contributed by atoms with Gasteiger partial charge in [-0.2, -0.15) is 0 Å². The maximum absolute atomic E-state index is 10.9. The Bertz CT molecular complexity index is 181. The Kier molecular flexibility index (Phi) is 4.24. The molecule has 6 N–H and O–H groups in total. The number of nitrogens with one attached hydrogen (secondary N) is 1. The molecule has 6 nitrogen and oxygen atoms in total. The van der Waals surface area contributed by atoms with Gasteiger partial charge in [-0.3, -0.25) is 9.59 Å². The molecule has 2 atom stereocenters. The summed E-state index contributed by atoms with van der Waals surface area (Å²) in [5.74, 6) is -1.25. The van der Waals surface area contributed by atoms with E-state index in [1.165, 1.54) is 6.92 Å². The van der Waals surface area contributed by atoms with Crippen molar-refractivity contribution < 1.29 is 14.7 Å². The van der Waals surface area contributed by atoms with Crippen molar-refractivity contribution in [2.24, 2.45) is 11.5 Å². The molecule has 0 bridgehead atoms. The number of hydrogen-bond donors (Lipinski definition) is 4. The van der Waals surface area contributed by atoms with Crippen molar-refractivity contribution in [3.8, 4) is 0 Å². The number of amides is 2. The number of hydrogen-bond acceptors (Lipinski definition) is 4. The Balaban J connectivity index is 3.80. The summed E-state index contributed by atoms with van der Waals surface area (Å²) in [4.78, 5) is 21.1. The topological polar surface area (TPSA) is 118 Å². The van der Waals surface area contributed by atoms with Crippen molar-refractivity contribution in [2.75, 3.05) is 6.54 Å². The lowest BCUT2D eigenvalue weighted by Gasteiger charge is -2.13. The molecule has 2 amide bonds. The van der Waals surface area contributed by atoms with Crippen LogP contribution in [0.25, 0.3) is 0 Å². The van der Waals surface area contributed by atoms with E-state index in [4.69, 9.17) is 16.6 Å². The van der Waals surface area contributed by atoms with Crippen molar-refractivity contribution in [1.82, 2.24) is 5.32 Å². The average Bonchev–Trinajstić information content (AvgIpc) is 1.98. The van der Waals surface area contributed by atoms with Crippen LogP contribution in [0.3, 0.4) is 0 Å². The van der Waals surface area contributed by atoms with E-state index in [1.807, 2.05) is 0 Å². The molecule has 0 saturated carbocycles. The molecule has 0 fully saturated rings. The molecular weight excluding hydrogens is 162 g/mol. The largest absolute Gasteiger partial charge is 0.391 e. The summed E-state index contributed by atoms with van der Waals surface area (Å²) in [7, 11) is 0. The van der Waals surface area contributed by atoms with Crippen molar-refractivity contribution >= 4 is 11.8 Å². The summed E-state index contributed by atoms with van der Waals surface area (Å²) in [5, 5.41) is 11.0. The van der Waals surface area contributed by atoms with Gasteiger partial charge in [-0.1, -0.05) is 0 Å². The first-order valence-corrected chi connectivity index (χ1v) is 3.44. The lowest BCUT2D eigenvalue weighted by molar-refractivity contribution is -0.127. The van der Waals surface area contributed by atoms with Crippen LogP contribution in [0.4, 0.5) is 0 Å². The highest BCUT2D eigenvalue weighted by molar-refractivity contribution is 5.86. The minimum Gasteiger partial charge on any atom is -0.391 e. The standard InChI is InChI=1S/C6H13N3O3/c1-3(10)5(8)6(12)9-2-4(7)11/h3,5,10H,2,8H2,1H3,(H2,7,11)(H,9,12). The first-order chi connectivity index (χ1) is 5.45. The van der Waals surface area contributed by atoms with Gasteiger partial charge in [0.1, 0.15) is 6.04 Å². The summed E-state index contributed by atoms with van der Waals surface area (Å²) < 4.78 is 0. The molecule has 6 heteroatoms. The molecule has 2 unspecified atom stereocenters. The van der Waals surface area contributed by atoms with Gasteiger partial charge >= 0.3 is 0 Å². The summed E-state index contributed by atoms with van der Waals surface area (Å²) >= 11 is 0. The maximum Gasteiger partial charge on any atom is 0.240 e. The molecule has 0 saturated heterocycles. The Morgan fingerprint density at radius 2 is 2.08 bits per heavy atom. The molecule has 0 aromatic heterocycles. The van der Waals surface area contributed by atoms with E-state index in [0.717, 1.165) is 0 Å². The van der Waals surface area contributed by atoms with E-state index in [2.05, 4.69) is 5.32 Å². The lowest BCUT2D eigenvalue weighted by atomic mass is 10.2. The first-order valence-electron chi connectivity index (χ1n) is 3.44. The van der Waals surface area contributed by atoms with Crippen LogP contribution in [0, 0.1) is 0 Å². The van der Waals surface area contributed by atoms with Gasteiger partial charge < -0.3 is 21.9 Å². The van der Waals surface area contributed by atoms with E-state index in [-0.39, 0.29) is 6.54 Å². The lowest BCUT2D eigenvalue weighted by Crippen LogP contribution is -2.49. The Morgan fingerprint density at radius 1 is 1.58 bits per heavy atom. The molecule has 0 aliphatic carbocycles. The number of aliphatic hydroxyl groups is 1. The van der Waals surface area contributed by atoms with Crippen LogP contribution in [0.5, 0.6) is 0 Å². The molecule has 0 spiro atoms. The maximum atomic E-state index is 10.9. The van der Waals surface area contributed by atoms with E-state index in [0.29, 0.717) is 0 Å². The van der Waals surface area contributed by atoms with Crippen molar-refractivity contribution in [3.63, 3.8) is 0 Å². The van der Waals surface area contributed by atoms with Gasteiger partial charge in [0.2, 0.25) is 11.8 Å². The second-order valence-corrected chi connectivity index (χ2v) is 2.45. The highest BCUT2D eigenvalue weighted by atomic mass is 16.3. The van der Waals surface area contributed by atoms with E-state index in [9.17, 15) is 9.59 Å². The summed E-state index contributed by atoms with van der Waals surface area (Å²) in [6.07, 6.45) is -0.946. The van der Waals surface area contributed by atoms with Gasteiger partial charge in [-0.25, -0.2) is 0 Å². The Labute approximate surface area is 69.9 Å². The van der Waals surface area contributed by atoms with Crippen molar-refractivity contribution in [1.29, 1.82) is 0 Å². The van der Waals surface area contributed by atoms with Crippen molar-refractivity contribution in [3.05, 3.63) is 0 Å². The van der Waals surface area contributed by atoms with Gasteiger partial charge in [-0.15, -0.1) is 0 Å². The minimum atomic E-state index is -1.02. The van der Waals surface area contributed by atoms with Gasteiger partial charge in [0.05, 0.1) is 12.6 Å². The summed E-state index contributed by atoms with van der Waals surface area (Å²) in [6.45, 7) is 1.12. The van der Waals surface area contributed by atoms with Crippen LogP contribution in [-0.2, 0) is 9.59 Å². The first kappa shape index (κ1) is 10.9. The fourth-order valence-electron chi connectivity index (χ4n) is 0.511. The Hall–Kier alpha value is -1.14. The molecule has 0 heterocycles. The predicted octanol–water partition coefficient (Wildman–Crippen LogP) is -2.70. The third kappa shape index (κ3) is 3.89. The number of nitrogens with two attached hydrogens (primary N) is 2. The van der Waals surface area contributed by atoms with Gasteiger partial charge in [0.25, 0.3) is 0 Å². The fraction of sp³-hybridized carbons (Fsp3) is 0.667. The monoisotopic (exact) mass is 175 g/mol. The quantitative estimate of drug-likeness (QED) is 0.371.